The second-order valence-electron chi connectivity index (χ2n) is 8.09. The van der Waals surface area contributed by atoms with Crippen LogP contribution in [0.25, 0.3) is 11.0 Å². The van der Waals surface area contributed by atoms with Crippen molar-refractivity contribution in [1.29, 1.82) is 0 Å². The standard InChI is InChI=1S/C27H22FN5O3/c28-20-12-14-21(15-13-20)33(25(34)18-32-24-11-5-4-10-23(24)30-31-32)26(19-7-2-1-3-8-19)27(35)29-17-22-9-6-16-36-22/h1-16,26H,17-18H2,(H,29,35)/t26-/m1/s1. The first-order chi connectivity index (χ1) is 17.6. The Bertz CT molecular complexity index is 1470. The van der Waals surface area contributed by atoms with Gasteiger partial charge in [-0.2, -0.15) is 0 Å². The molecule has 0 saturated carbocycles. The molecule has 3 aromatic carbocycles. The van der Waals surface area contributed by atoms with Crippen LogP contribution in [0, 0.1) is 5.82 Å². The first-order valence-electron chi connectivity index (χ1n) is 11.3. The molecule has 2 aromatic heterocycles. The lowest BCUT2D eigenvalue weighted by Gasteiger charge is -2.31. The van der Waals surface area contributed by atoms with Gasteiger partial charge >= 0.3 is 0 Å². The predicted molar refractivity (Wildman–Crippen MR) is 131 cm³/mol. The Hall–Kier alpha value is -4.79. The highest BCUT2D eigenvalue weighted by atomic mass is 19.1. The summed E-state index contributed by atoms with van der Waals surface area (Å²) in [6.07, 6.45) is 1.52. The molecule has 0 bridgehead atoms. The monoisotopic (exact) mass is 483 g/mol. The lowest BCUT2D eigenvalue weighted by atomic mass is 10.0. The Morgan fingerprint density at radius 3 is 2.44 bits per heavy atom. The van der Waals surface area contributed by atoms with Crippen LogP contribution in [0.4, 0.5) is 10.1 Å². The molecule has 0 radical (unpaired) electrons. The Morgan fingerprint density at radius 2 is 1.69 bits per heavy atom. The van der Waals surface area contributed by atoms with Gasteiger partial charge < -0.3 is 9.73 Å². The zero-order valence-corrected chi connectivity index (χ0v) is 19.1. The highest BCUT2D eigenvalue weighted by molar-refractivity contribution is 6.01. The van der Waals surface area contributed by atoms with Crippen LogP contribution in [0.5, 0.6) is 0 Å². The van der Waals surface area contributed by atoms with Gasteiger partial charge in [0, 0.05) is 5.69 Å². The average molecular weight is 484 g/mol. The maximum absolute atomic E-state index is 13.8. The molecule has 5 rings (SSSR count). The van der Waals surface area contributed by atoms with E-state index in [1.165, 1.54) is 40.1 Å². The number of hydrogen-bond acceptors (Lipinski definition) is 5. The zero-order valence-electron chi connectivity index (χ0n) is 19.1. The van der Waals surface area contributed by atoms with Gasteiger partial charge in [0.25, 0.3) is 0 Å². The molecular formula is C27H22FN5O3. The minimum absolute atomic E-state index is 0.147. The largest absolute Gasteiger partial charge is 0.467 e. The van der Waals surface area contributed by atoms with Crippen molar-refractivity contribution in [2.24, 2.45) is 0 Å². The van der Waals surface area contributed by atoms with Crippen LogP contribution in [0.2, 0.25) is 0 Å². The fourth-order valence-electron chi connectivity index (χ4n) is 4.01. The Labute approximate surface area is 205 Å². The van der Waals surface area contributed by atoms with Crippen molar-refractivity contribution in [2.45, 2.75) is 19.1 Å². The number of nitrogens with zero attached hydrogens (tertiary/aromatic N) is 4. The van der Waals surface area contributed by atoms with E-state index in [2.05, 4.69) is 15.6 Å². The predicted octanol–water partition coefficient (Wildman–Crippen LogP) is 4.25. The SMILES string of the molecule is O=C(NCc1ccco1)[C@@H](c1ccccc1)N(C(=O)Cn1nnc2ccccc21)c1ccc(F)cc1. The molecule has 0 aliphatic rings. The summed E-state index contributed by atoms with van der Waals surface area (Å²) >= 11 is 0. The number of benzene rings is 3. The molecule has 9 heteroatoms. The lowest BCUT2D eigenvalue weighted by molar-refractivity contribution is -0.127. The summed E-state index contributed by atoms with van der Waals surface area (Å²) in [5.74, 6) is -0.714. The van der Waals surface area contributed by atoms with Gasteiger partial charge in [-0.3, -0.25) is 14.5 Å². The zero-order chi connectivity index (χ0) is 24.9. The molecule has 0 unspecified atom stereocenters. The Balaban J connectivity index is 1.54. The minimum Gasteiger partial charge on any atom is -0.467 e. The highest BCUT2D eigenvalue weighted by Crippen LogP contribution is 2.29. The molecule has 0 spiro atoms. The molecule has 0 aliphatic heterocycles. The van der Waals surface area contributed by atoms with Gasteiger partial charge in [0.1, 0.15) is 29.7 Å². The average Bonchev–Trinajstić information content (AvgIpc) is 3.57. The number of para-hydroxylation sites is 1. The fraction of sp³-hybridized carbons (Fsp3) is 0.111. The number of furan rings is 1. The van der Waals surface area contributed by atoms with Gasteiger partial charge in [0.05, 0.1) is 18.3 Å². The third kappa shape index (κ3) is 4.85. The van der Waals surface area contributed by atoms with E-state index in [-0.39, 0.29) is 13.1 Å². The van der Waals surface area contributed by atoms with Crippen LogP contribution < -0.4 is 10.2 Å². The smallest absolute Gasteiger partial charge is 0.249 e. The van der Waals surface area contributed by atoms with Gasteiger partial charge in [-0.1, -0.05) is 47.7 Å². The van der Waals surface area contributed by atoms with E-state index in [1.807, 2.05) is 24.3 Å². The van der Waals surface area contributed by atoms with Crippen molar-refractivity contribution < 1.29 is 18.4 Å². The van der Waals surface area contributed by atoms with Crippen molar-refractivity contribution >= 4 is 28.5 Å². The van der Waals surface area contributed by atoms with Gasteiger partial charge in [0.2, 0.25) is 11.8 Å². The highest BCUT2D eigenvalue weighted by Gasteiger charge is 2.33. The van der Waals surface area contributed by atoms with Crippen LogP contribution in [0.3, 0.4) is 0 Å². The van der Waals surface area contributed by atoms with Crippen molar-refractivity contribution in [2.75, 3.05) is 4.90 Å². The molecule has 2 heterocycles. The van der Waals surface area contributed by atoms with Crippen molar-refractivity contribution in [3.05, 3.63) is 114 Å². The second kappa shape index (κ2) is 10.2. The Morgan fingerprint density at radius 1 is 0.944 bits per heavy atom. The maximum atomic E-state index is 13.8. The number of carbonyl (C=O) groups excluding carboxylic acids is 2. The molecule has 36 heavy (non-hydrogen) atoms. The summed E-state index contributed by atoms with van der Waals surface area (Å²) < 4.78 is 20.6. The Kier molecular flexibility index (Phi) is 6.53. The van der Waals surface area contributed by atoms with Crippen molar-refractivity contribution in [1.82, 2.24) is 20.3 Å². The van der Waals surface area contributed by atoms with Crippen molar-refractivity contribution in [3.8, 4) is 0 Å². The summed E-state index contributed by atoms with van der Waals surface area (Å²) in [7, 11) is 0. The lowest BCUT2D eigenvalue weighted by Crippen LogP contribution is -2.45. The number of rotatable bonds is 8. The van der Waals surface area contributed by atoms with Crippen LogP contribution in [-0.2, 0) is 22.7 Å². The van der Waals surface area contributed by atoms with E-state index in [0.717, 1.165) is 0 Å². The number of fused-ring (bicyclic) bond motifs is 1. The number of carbonyl (C=O) groups is 2. The van der Waals surface area contributed by atoms with E-state index in [0.29, 0.717) is 28.0 Å². The van der Waals surface area contributed by atoms with Crippen LogP contribution >= 0.6 is 0 Å². The summed E-state index contributed by atoms with van der Waals surface area (Å²) in [4.78, 5) is 28.8. The third-order valence-corrected chi connectivity index (χ3v) is 5.72. The molecule has 0 saturated heterocycles. The summed E-state index contributed by atoms with van der Waals surface area (Å²) in [6, 6.07) is 24.1. The normalized spacial score (nSPS) is 11.8. The van der Waals surface area contributed by atoms with Crippen LogP contribution in [0.1, 0.15) is 17.4 Å². The van der Waals surface area contributed by atoms with Gasteiger partial charge in [0.15, 0.2) is 0 Å². The first kappa shape index (κ1) is 23.0. The molecule has 1 atom stereocenters. The summed E-state index contributed by atoms with van der Waals surface area (Å²) in [5.41, 5.74) is 2.29. The minimum atomic E-state index is -1.03. The fourth-order valence-corrected chi connectivity index (χ4v) is 4.01. The number of amides is 2. The summed E-state index contributed by atoms with van der Waals surface area (Å²) in [6.45, 7) is -0.0268. The molecule has 2 amide bonds. The first-order valence-corrected chi connectivity index (χ1v) is 11.3. The van der Waals surface area contributed by atoms with Gasteiger partial charge in [-0.25, -0.2) is 9.07 Å². The molecule has 1 N–H and O–H groups in total. The third-order valence-electron chi connectivity index (χ3n) is 5.72. The van der Waals surface area contributed by atoms with E-state index >= 15 is 0 Å². The van der Waals surface area contributed by atoms with Crippen LogP contribution in [-0.4, -0.2) is 26.8 Å². The van der Waals surface area contributed by atoms with Crippen molar-refractivity contribution in [3.63, 3.8) is 0 Å². The topological polar surface area (TPSA) is 93.3 Å². The second-order valence-corrected chi connectivity index (χ2v) is 8.09. The quantitative estimate of drug-likeness (QED) is 0.356. The molecule has 0 aliphatic carbocycles. The number of anilines is 1. The number of nitrogens with one attached hydrogen (secondary N) is 1. The number of halogens is 1. The number of aromatic nitrogens is 3. The maximum Gasteiger partial charge on any atom is 0.249 e. The van der Waals surface area contributed by atoms with E-state index in [9.17, 15) is 14.0 Å². The molecule has 180 valence electrons. The van der Waals surface area contributed by atoms with Crippen LogP contribution in [0.15, 0.2) is 102 Å². The van der Waals surface area contributed by atoms with E-state index in [1.54, 1.807) is 42.5 Å². The molecule has 8 nitrogen and oxygen atoms in total. The molecular weight excluding hydrogens is 461 g/mol. The van der Waals surface area contributed by atoms with E-state index < -0.39 is 23.7 Å². The van der Waals surface area contributed by atoms with E-state index in [4.69, 9.17) is 4.42 Å². The van der Waals surface area contributed by atoms with Gasteiger partial charge in [-0.15, -0.1) is 5.10 Å². The number of hydrogen-bond donors (Lipinski definition) is 1. The summed E-state index contributed by atoms with van der Waals surface area (Å²) in [5, 5.41) is 11.1. The molecule has 5 aromatic rings. The molecule has 0 fully saturated rings. The van der Waals surface area contributed by atoms with Gasteiger partial charge in [-0.05, 0) is 54.1 Å².